The van der Waals surface area contributed by atoms with Gasteiger partial charge in [-0.3, -0.25) is 4.79 Å². The highest BCUT2D eigenvalue weighted by Crippen LogP contribution is 2.11. The van der Waals surface area contributed by atoms with Gasteiger partial charge in [0.2, 0.25) is 5.12 Å². The Balaban J connectivity index is 3.67. The molecule has 1 nitrogen and oxygen atoms in total. The molecule has 0 rings (SSSR count). The van der Waals surface area contributed by atoms with E-state index in [0.717, 1.165) is 12.8 Å². The highest BCUT2D eigenvalue weighted by molar-refractivity contribution is 7.96. The van der Waals surface area contributed by atoms with E-state index in [2.05, 4.69) is 19.2 Å². The minimum absolute atomic E-state index is 0.0255. The second kappa shape index (κ2) is 4.50. The highest BCUT2D eigenvalue weighted by atomic mass is 32.1. The summed E-state index contributed by atoms with van der Waals surface area (Å²) in [5, 5.41) is -0.141. The average Bonchev–Trinajstić information content (AvgIpc) is 1.82. The quantitative estimate of drug-likeness (QED) is 0.552. The van der Waals surface area contributed by atoms with E-state index in [4.69, 9.17) is 0 Å². The van der Waals surface area contributed by atoms with E-state index in [1.807, 2.05) is 6.92 Å². The molecule has 0 fully saturated rings. The van der Waals surface area contributed by atoms with Gasteiger partial charge in [-0.05, 0) is 25.5 Å². The lowest BCUT2D eigenvalue weighted by Crippen LogP contribution is -2.05. The first-order valence-corrected chi connectivity index (χ1v) is 3.45. The molecule has 0 N–H and O–H groups in total. The molecule has 0 bridgehead atoms. The Morgan fingerprint density at radius 3 is 2.56 bits per heavy atom. The lowest BCUT2D eigenvalue weighted by atomic mass is 10.1. The van der Waals surface area contributed by atoms with Crippen LogP contribution in [0.3, 0.4) is 0 Å². The third kappa shape index (κ3) is 3.25. The molecule has 0 heterocycles. The molecule has 1 radical (unpaired) electrons. The molecule has 1 atom stereocenters. The number of rotatable bonds is 4. The van der Waals surface area contributed by atoms with Crippen molar-refractivity contribution in [1.82, 2.24) is 0 Å². The van der Waals surface area contributed by atoms with Crippen molar-refractivity contribution in [2.24, 2.45) is 5.92 Å². The van der Waals surface area contributed by atoms with Gasteiger partial charge in [0.1, 0.15) is 0 Å². The summed E-state index contributed by atoms with van der Waals surface area (Å²) >= 11 is 4.48. The normalized spacial score (nSPS) is 12.6. The second-order valence-electron chi connectivity index (χ2n) is 1.95. The fraction of sp³-hybridized carbons (Fsp3) is 0.571. The summed E-state index contributed by atoms with van der Waals surface area (Å²) in [5.74, 6) is 0.0255. The summed E-state index contributed by atoms with van der Waals surface area (Å²) in [7, 11) is 0. The predicted molar refractivity (Wildman–Crippen MR) is 41.2 cm³/mol. The van der Waals surface area contributed by atoms with Gasteiger partial charge in [0.05, 0.1) is 0 Å². The van der Waals surface area contributed by atoms with Crippen molar-refractivity contribution < 1.29 is 4.79 Å². The Kier molecular flexibility index (Phi) is 4.32. The molecule has 9 heavy (non-hydrogen) atoms. The monoisotopic (exact) mass is 143 g/mol. The van der Waals surface area contributed by atoms with Crippen LogP contribution in [0.15, 0.2) is 12.7 Å². The third-order valence-corrected chi connectivity index (χ3v) is 1.61. The maximum Gasteiger partial charge on any atom is 0.222 e. The zero-order valence-electron chi connectivity index (χ0n) is 5.59. The van der Waals surface area contributed by atoms with Crippen molar-refractivity contribution in [3.05, 3.63) is 12.7 Å². The minimum Gasteiger partial charge on any atom is -0.282 e. The van der Waals surface area contributed by atoms with Gasteiger partial charge in [-0.2, -0.15) is 0 Å². The number of carbonyl (C=O) groups excluding carboxylic acids is 1. The number of allylic oxidation sites excluding steroid dienone is 1. The first-order valence-electron chi connectivity index (χ1n) is 3.04. The molecular weight excluding hydrogens is 132 g/mol. The van der Waals surface area contributed by atoms with Crippen LogP contribution in [0, 0.1) is 5.92 Å². The maximum absolute atomic E-state index is 10.5. The Labute approximate surface area is 61.6 Å². The van der Waals surface area contributed by atoms with Gasteiger partial charge in [0.25, 0.3) is 0 Å². The molecule has 0 aromatic rings. The van der Waals surface area contributed by atoms with Gasteiger partial charge in [-0.15, -0.1) is 6.58 Å². The summed E-state index contributed by atoms with van der Waals surface area (Å²) in [6, 6.07) is 0. The van der Waals surface area contributed by atoms with Gasteiger partial charge in [0.15, 0.2) is 0 Å². The molecule has 0 saturated carbocycles. The largest absolute Gasteiger partial charge is 0.282 e. The molecule has 2 heteroatoms. The fourth-order valence-corrected chi connectivity index (χ4v) is 0.894. The Morgan fingerprint density at radius 1 is 1.89 bits per heavy atom. The van der Waals surface area contributed by atoms with E-state index in [1.54, 1.807) is 6.08 Å². The van der Waals surface area contributed by atoms with Gasteiger partial charge in [0, 0.05) is 5.92 Å². The highest BCUT2D eigenvalue weighted by Gasteiger charge is 2.10. The van der Waals surface area contributed by atoms with Gasteiger partial charge in [-0.25, -0.2) is 0 Å². The van der Waals surface area contributed by atoms with E-state index in [9.17, 15) is 4.79 Å². The summed E-state index contributed by atoms with van der Waals surface area (Å²) in [6.07, 6.45) is 3.28. The smallest absolute Gasteiger partial charge is 0.222 e. The van der Waals surface area contributed by atoms with Crippen LogP contribution >= 0.6 is 12.6 Å². The average molecular weight is 143 g/mol. The Bertz CT molecular complexity index is 109. The van der Waals surface area contributed by atoms with Crippen LogP contribution in [-0.2, 0) is 4.79 Å². The van der Waals surface area contributed by atoms with Crippen molar-refractivity contribution in [2.75, 3.05) is 0 Å². The van der Waals surface area contributed by atoms with Crippen LogP contribution in [0.1, 0.15) is 19.8 Å². The zero-order chi connectivity index (χ0) is 7.28. The van der Waals surface area contributed by atoms with E-state index in [-0.39, 0.29) is 11.0 Å². The Morgan fingerprint density at radius 2 is 2.44 bits per heavy atom. The van der Waals surface area contributed by atoms with Crippen LogP contribution in [-0.4, -0.2) is 5.12 Å². The van der Waals surface area contributed by atoms with E-state index in [0.29, 0.717) is 0 Å². The molecule has 0 aromatic heterocycles. The number of hydrogen-bond acceptors (Lipinski definition) is 1. The summed E-state index contributed by atoms with van der Waals surface area (Å²) in [5.41, 5.74) is 0. The maximum atomic E-state index is 10.5. The van der Waals surface area contributed by atoms with Gasteiger partial charge in [-0.1, -0.05) is 13.0 Å². The Hall–Kier alpha value is -0.370. The van der Waals surface area contributed by atoms with Crippen LogP contribution in [0.25, 0.3) is 0 Å². The standard InChI is InChI=1S/C7H11OS/c1-3-5-6(4-2)7(8)9/h3,6H,1,4-5H2,2H3. The molecular formula is C7H11OS. The second-order valence-corrected chi connectivity index (χ2v) is 2.35. The van der Waals surface area contributed by atoms with E-state index in [1.165, 1.54) is 0 Å². The molecule has 0 spiro atoms. The van der Waals surface area contributed by atoms with Gasteiger partial charge >= 0.3 is 0 Å². The summed E-state index contributed by atoms with van der Waals surface area (Å²) in [4.78, 5) is 10.5. The summed E-state index contributed by atoms with van der Waals surface area (Å²) in [6.45, 7) is 5.49. The van der Waals surface area contributed by atoms with Crippen LogP contribution < -0.4 is 0 Å². The van der Waals surface area contributed by atoms with E-state index >= 15 is 0 Å². The first-order chi connectivity index (χ1) is 4.22. The van der Waals surface area contributed by atoms with Crippen molar-refractivity contribution in [3.63, 3.8) is 0 Å². The molecule has 0 aliphatic carbocycles. The molecule has 0 aliphatic rings. The minimum atomic E-state index is -0.141. The molecule has 1 unspecified atom stereocenters. The third-order valence-electron chi connectivity index (χ3n) is 1.28. The summed E-state index contributed by atoms with van der Waals surface area (Å²) < 4.78 is 0. The first kappa shape index (κ1) is 8.63. The number of carbonyl (C=O) groups is 1. The van der Waals surface area contributed by atoms with Crippen molar-refractivity contribution >= 4 is 17.7 Å². The SMILES string of the molecule is C=CCC(CC)C(=O)[S]. The number of hydrogen-bond donors (Lipinski definition) is 0. The van der Waals surface area contributed by atoms with Crippen LogP contribution in [0.2, 0.25) is 0 Å². The predicted octanol–water partition coefficient (Wildman–Crippen LogP) is 2.31. The van der Waals surface area contributed by atoms with Crippen molar-refractivity contribution in [1.29, 1.82) is 0 Å². The lowest BCUT2D eigenvalue weighted by Gasteiger charge is -2.03. The molecule has 51 valence electrons. The molecule has 0 amide bonds. The zero-order valence-corrected chi connectivity index (χ0v) is 6.41. The van der Waals surface area contributed by atoms with Crippen LogP contribution in [0.4, 0.5) is 0 Å². The van der Waals surface area contributed by atoms with Crippen molar-refractivity contribution in [2.45, 2.75) is 19.8 Å². The molecule has 0 aliphatic heterocycles. The fourth-order valence-electron chi connectivity index (χ4n) is 0.631. The molecule has 0 saturated heterocycles. The molecule has 0 aromatic carbocycles. The van der Waals surface area contributed by atoms with Gasteiger partial charge < -0.3 is 0 Å². The van der Waals surface area contributed by atoms with Crippen LogP contribution in [0.5, 0.6) is 0 Å². The topological polar surface area (TPSA) is 17.1 Å². The van der Waals surface area contributed by atoms with E-state index < -0.39 is 0 Å². The van der Waals surface area contributed by atoms with Crippen molar-refractivity contribution in [3.8, 4) is 0 Å². The lowest BCUT2D eigenvalue weighted by molar-refractivity contribution is -0.114.